The molecular formula is C14H19N3O3. The lowest BCUT2D eigenvalue weighted by atomic mass is 10.1. The topological polar surface area (TPSA) is 75.5 Å². The lowest BCUT2D eigenvalue weighted by Gasteiger charge is -2.16. The fourth-order valence-corrected chi connectivity index (χ4v) is 2.56. The van der Waals surface area contributed by atoms with E-state index in [2.05, 4.69) is 12.2 Å². The van der Waals surface area contributed by atoms with Crippen LogP contribution in [0.4, 0.5) is 11.4 Å². The highest BCUT2D eigenvalue weighted by atomic mass is 16.6. The van der Waals surface area contributed by atoms with Gasteiger partial charge < -0.3 is 10.2 Å². The number of hydrogen-bond donors (Lipinski definition) is 1. The minimum Gasteiger partial charge on any atom is -0.383 e. The summed E-state index contributed by atoms with van der Waals surface area (Å²) in [5.41, 5.74) is 0.848. The minimum atomic E-state index is -0.455. The monoisotopic (exact) mass is 277 g/mol. The van der Waals surface area contributed by atoms with Gasteiger partial charge in [-0.15, -0.1) is 0 Å². The van der Waals surface area contributed by atoms with Crippen LogP contribution in [-0.4, -0.2) is 35.9 Å². The van der Waals surface area contributed by atoms with Crippen molar-refractivity contribution >= 4 is 17.3 Å². The second-order valence-electron chi connectivity index (χ2n) is 5.05. The number of amides is 1. The molecule has 108 valence electrons. The number of anilines is 1. The van der Waals surface area contributed by atoms with Crippen molar-refractivity contribution in [3.8, 4) is 0 Å². The summed E-state index contributed by atoms with van der Waals surface area (Å²) in [5.74, 6) is 0.521. The van der Waals surface area contributed by atoms with E-state index in [-0.39, 0.29) is 11.6 Å². The van der Waals surface area contributed by atoms with Crippen LogP contribution in [0.2, 0.25) is 0 Å². The summed E-state index contributed by atoms with van der Waals surface area (Å²) < 4.78 is 0. The largest absolute Gasteiger partial charge is 0.383 e. The Morgan fingerprint density at radius 2 is 2.30 bits per heavy atom. The van der Waals surface area contributed by atoms with Crippen molar-refractivity contribution in [3.05, 3.63) is 33.9 Å². The summed E-state index contributed by atoms with van der Waals surface area (Å²) in [6, 6.07) is 4.47. The Hall–Kier alpha value is -2.11. The van der Waals surface area contributed by atoms with Gasteiger partial charge in [-0.25, -0.2) is 0 Å². The highest BCUT2D eigenvalue weighted by Crippen LogP contribution is 2.27. The predicted molar refractivity (Wildman–Crippen MR) is 76.9 cm³/mol. The Bertz CT molecular complexity index is 530. The van der Waals surface area contributed by atoms with Crippen molar-refractivity contribution in [2.45, 2.75) is 19.8 Å². The van der Waals surface area contributed by atoms with Crippen LogP contribution >= 0.6 is 0 Å². The molecule has 1 aromatic rings. The van der Waals surface area contributed by atoms with Gasteiger partial charge in [0.2, 0.25) is 0 Å². The summed E-state index contributed by atoms with van der Waals surface area (Å²) in [5, 5.41) is 13.6. The number of hydrogen-bond acceptors (Lipinski definition) is 4. The molecule has 6 heteroatoms. The second kappa shape index (κ2) is 5.90. The maximum atomic E-state index is 12.4. The molecule has 0 saturated carbocycles. The smallest absolute Gasteiger partial charge is 0.292 e. The van der Waals surface area contributed by atoms with E-state index in [1.54, 1.807) is 13.1 Å². The Morgan fingerprint density at radius 1 is 1.55 bits per heavy atom. The van der Waals surface area contributed by atoms with Gasteiger partial charge in [-0.3, -0.25) is 14.9 Å². The molecule has 1 fully saturated rings. The molecule has 6 nitrogen and oxygen atoms in total. The van der Waals surface area contributed by atoms with Crippen molar-refractivity contribution in [2.75, 3.05) is 25.5 Å². The molecule has 1 aromatic carbocycles. The van der Waals surface area contributed by atoms with Crippen LogP contribution in [0.5, 0.6) is 0 Å². The van der Waals surface area contributed by atoms with Gasteiger partial charge in [-0.2, -0.15) is 0 Å². The normalized spacial score (nSPS) is 18.1. The van der Waals surface area contributed by atoms with Gasteiger partial charge in [0.15, 0.2) is 0 Å². The molecule has 1 amide bonds. The minimum absolute atomic E-state index is 0.0168. The van der Waals surface area contributed by atoms with Gasteiger partial charge >= 0.3 is 0 Å². The molecule has 1 N–H and O–H groups in total. The van der Waals surface area contributed by atoms with E-state index in [1.165, 1.54) is 12.1 Å². The zero-order valence-electron chi connectivity index (χ0n) is 11.8. The summed E-state index contributed by atoms with van der Waals surface area (Å²) in [7, 11) is 1.61. The maximum absolute atomic E-state index is 12.4. The fourth-order valence-electron chi connectivity index (χ4n) is 2.56. The quantitative estimate of drug-likeness (QED) is 0.677. The van der Waals surface area contributed by atoms with Gasteiger partial charge in [0.05, 0.1) is 4.92 Å². The lowest BCUT2D eigenvalue weighted by Crippen LogP contribution is -2.28. The summed E-state index contributed by atoms with van der Waals surface area (Å²) in [6.07, 6.45) is 2.11. The SMILES string of the molecule is CCC1CCN(C(=O)c2ccc([N+](=O)[O-])c(NC)c2)C1. The number of nitro benzene ring substituents is 1. The third kappa shape index (κ3) is 2.74. The van der Waals surface area contributed by atoms with E-state index in [1.807, 2.05) is 4.90 Å². The zero-order valence-corrected chi connectivity index (χ0v) is 11.8. The Labute approximate surface area is 117 Å². The predicted octanol–water partition coefficient (Wildman–Crippen LogP) is 2.51. The maximum Gasteiger partial charge on any atom is 0.292 e. The number of nitrogens with one attached hydrogen (secondary N) is 1. The van der Waals surface area contributed by atoms with Crippen LogP contribution in [0.1, 0.15) is 30.1 Å². The van der Waals surface area contributed by atoms with Crippen molar-refractivity contribution in [2.24, 2.45) is 5.92 Å². The van der Waals surface area contributed by atoms with E-state index in [9.17, 15) is 14.9 Å². The molecule has 2 rings (SSSR count). The van der Waals surface area contributed by atoms with Gasteiger partial charge in [0.1, 0.15) is 5.69 Å². The van der Waals surface area contributed by atoms with E-state index in [4.69, 9.17) is 0 Å². The fraction of sp³-hybridized carbons (Fsp3) is 0.500. The molecule has 0 bridgehead atoms. The van der Waals surface area contributed by atoms with E-state index in [0.29, 0.717) is 17.2 Å². The zero-order chi connectivity index (χ0) is 14.7. The van der Waals surface area contributed by atoms with Crippen LogP contribution in [0.25, 0.3) is 0 Å². The molecule has 1 saturated heterocycles. The third-order valence-corrected chi connectivity index (χ3v) is 3.86. The van der Waals surface area contributed by atoms with E-state index < -0.39 is 4.92 Å². The van der Waals surface area contributed by atoms with Gasteiger partial charge in [0.25, 0.3) is 11.6 Å². The molecule has 0 aromatic heterocycles. The van der Waals surface area contributed by atoms with E-state index >= 15 is 0 Å². The van der Waals surface area contributed by atoms with Gasteiger partial charge in [-0.1, -0.05) is 13.3 Å². The third-order valence-electron chi connectivity index (χ3n) is 3.86. The Morgan fingerprint density at radius 3 is 2.85 bits per heavy atom. The summed E-state index contributed by atoms with van der Waals surface area (Å²) in [6.45, 7) is 3.67. The highest BCUT2D eigenvalue weighted by Gasteiger charge is 2.26. The molecule has 0 aliphatic carbocycles. The standard InChI is InChI=1S/C14H19N3O3/c1-3-10-6-7-16(9-10)14(18)11-4-5-13(17(19)20)12(8-11)15-2/h4-5,8,10,15H,3,6-7,9H2,1-2H3. The van der Waals surface area contributed by atoms with Crippen LogP contribution in [0.15, 0.2) is 18.2 Å². The molecule has 1 unspecified atom stereocenters. The van der Waals surface area contributed by atoms with Crippen molar-refractivity contribution in [1.29, 1.82) is 0 Å². The number of nitro groups is 1. The van der Waals surface area contributed by atoms with E-state index in [0.717, 1.165) is 25.9 Å². The number of benzene rings is 1. The molecule has 0 spiro atoms. The number of carbonyl (C=O) groups excluding carboxylic acids is 1. The number of likely N-dealkylation sites (tertiary alicyclic amines) is 1. The first-order chi connectivity index (χ1) is 9.56. The number of nitrogens with zero attached hydrogens (tertiary/aromatic N) is 2. The summed E-state index contributed by atoms with van der Waals surface area (Å²) in [4.78, 5) is 24.6. The average Bonchev–Trinajstić information content (AvgIpc) is 2.94. The van der Waals surface area contributed by atoms with Crippen LogP contribution in [-0.2, 0) is 0 Å². The van der Waals surface area contributed by atoms with Crippen molar-refractivity contribution in [3.63, 3.8) is 0 Å². The molecule has 0 radical (unpaired) electrons. The number of carbonyl (C=O) groups is 1. The highest BCUT2D eigenvalue weighted by molar-refractivity contribution is 5.96. The number of rotatable bonds is 4. The first kappa shape index (κ1) is 14.3. The molecular weight excluding hydrogens is 258 g/mol. The first-order valence-electron chi connectivity index (χ1n) is 6.82. The molecule has 1 heterocycles. The van der Waals surface area contributed by atoms with Gasteiger partial charge in [0, 0.05) is 31.8 Å². The van der Waals surface area contributed by atoms with Crippen LogP contribution in [0.3, 0.4) is 0 Å². The molecule has 1 aliphatic rings. The first-order valence-corrected chi connectivity index (χ1v) is 6.82. The Balaban J connectivity index is 2.21. The lowest BCUT2D eigenvalue weighted by molar-refractivity contribution is -0.383. The van der Waals surface area contributed by atoms with Crippen molar-refractivity contribution < 1.29 is 9.72 Å². The molecule has 1 aliphatic heterocycles. The average molecular weight is 277 g/mol. The summed E-state index contributed by atoms with van der Waals surface area (Å²) >= 11 is 0. The Kier molecular flexibility index (Phi) is 4.22. The molecule has 20 heavy (non-hydrogen) atoms. The molecule has 1 atom stereocenters. The van der Waals surface area contributed by atoms with Crippen molar-refractivity contribution in [1.82, 2.24) is 4.90 Å². The van der Waals surface area contributed by atoms with Crippen LogP contribution in [0, 0.1) is 16.0 Å². The van der Waals surface area contributed by atoms with Crippen LogP contribution < -0.4 is 5.32 Å². The van der Waals surface area contributed by atoms with Gasteiger partial charge in [-0.05, 0) is 24.5 Å². The second-order valence-corrected chi connectivity index (χ2v) is 5.05.